The lowest BCUT2D eigenvalue weighted by molar-refractivity contribution is 0.813. The average Bonchev–Trinajstić information content (AvgIpc) is 2.78. The lowest BCUT2D eigenvalue weighted by Crippen LogP contribution is -2.05. The van der Waals surface area contributed by atoms with E-state index in [1.165, 1.54) is 5.56 Å². The van der Waals surface area contributed by atoms with Gasteiger partial charge in [0.05, 0.1) is 11.4 Å². The van der Waals surface area contributed by atoms with Crippen LogP contribution in [0.2, 0.25) is 0 Å². The molecule has 3 nitrogen and oxygen atoms in total. The summed E-state index contributed by atoms with van der Waals surface area (Å²) >= 11 is 0. The zero-order chi connectivity index (χ0) is 11.4. The van der Waals surface area contributed by atoms with Gasteiger partial charge in [-0.15, -0.1) is 0 Å². The molecule has 2 N–H and O–H groups in total. The molecule has 1 aromatic heterocycles. The number of nitrogens with two attached hydrogens (primary N) is 1. The maximum atomic E-state index is 5.52. The molecule has 2 aromatic rings. The number of para-hydroxylation sites is 1. The van der Waals surface area contributed by atoms with Crippen molar-refractivity contribution >= 4 is 0 Å². The SMILES string of the molecule is CCc1ccccc1-n1ccc(CCN)n1. The lowest BCUT2D eigenvalue weighted by atomic mass is 10.1. The van der Waals surface area contributed by atoms with E-state index in [9.17, 15) is 0 Å². The second kappa shape index (κ2) is 4.94. The molecule has 0 spiro atoms. The van der Waals surface area contributed by atoms with Crippen LogP contribution in [-0.2, 0) is 12.8 Å². The molecule has 0 amide bonds. The molecule has 0 radical (unpaired) electrons. The first kappa shape index (κ1) is 10.9. The number of hydrogen-bond acceptors (Lipinski definition) is 2. The van der Waals surface area contributed by atoms with Crippen molar-refractivity contribution in [3.8, 4) is 5.69 Å². The molecule has 0 unspecified atom stereocenters. The Morgan fingerprint density at radius 2 is 2.06 bits per heavy atom. The zero-order valence-corrected chi connectivity index (χ0v) is 9.56. The largest absolute Gasteiger partial charge is 0.330 e. The number of aryl methyl sites for hydroxylation is 1. The van der Waals surface area contributed by atoms with Gasteiger partial charge in [-0.05, 0) is 30.7 Å². The van der Waals surface area contributed by atoms with Gasteiger partial charge < -0.3 is 5.73 Å². The van der Waals surface area contributed by atoms with Crippen LogP contribution in [0.25, 0.3) is 5.69 Å². The predicted octanol–water partition coefficient (Wildman–Crippen LogP) is 1.94. The van der Waals surface area contributed by atoms with E-state index in [2.05, 4.69) is 30.2 Å². The van der Waals surface area contributed by atoms with E-state index in [0.29, 0.717) is 6.54 Å². The Bertz CT molecular complexity index is 460. The molecule has 0 bridgehead atoms. The van der Waals surface area contributed by atoms with E-state index >= 15 is 0 Å². The van der Waals surface area contributed by atoms with Gasteiger partial charge in [-0.1, -0.05) is 25.1 Å². The molecule has 0 saturated heterocycles. The molecule has 0 aliphatic heterocycles. The van der Waals surface area contributed by atoms with E-state index in [1.807, 2.05) is 23.0 Å². The Labute approximate surface area is 95.9 Å². The quantitative estimate of drug-likeness (QED) is 0.847. The Kier molecular flexibility index (Phi) is 3.37. The van der Waals surface area contributed by atoms with E-state index in [4.69, 9.17) is 5.73 Å². The van der Waals surface area contributed by atoms with Crippen LogP contribution in [0, 0.1) is 0 Å². The minimum atomic E-state index is 0.645. The Morgan fingerprint density at radius 1 is 1.25 bits per heavy atom. The molecular weight excluding hydrogens is 198 g/mol. The van der Waals surface area contributed by atoms with Crippen LogP contribution in [0.4, 0.5) is 0 Å². The highest BCUT2D eigenvalue weighted by Crippen LogP contribution is 2.14. The van der Waals surface area contributed by atoms with Crippen LogP contribution >= 0.6 is 0 Å². The number of aromatic nitrogens is 2. The topological polar surface area (TPSA) is 43.8 Å². The predicted molar refractivity (Wildman–Crippen MR) is 65.7 cm³/mol. The van der Waals surface area contributed by atoms with Crippen molar-refractivity contribution in [1.82, 2.24) is 9.78 Å². The van der Waals surface area contributed by atoms with Gasteiger partial charge in [0, 0.05) is 12.6 Å². The van der Waals surface area contributed by atoms with Gasteiger partial charge in [-0.3, -0.25) is 0 Å². The summed E-state index contributed by atoms with van der Waals surface area (Å²) in [6, 6.07) is 10.4. The molecule has 0 fully saturated rings. The van der Waals surface area contributed by atoms with E-state index in [-0.39, 0.29) is 0 Å². The molecule has 1 aromatic carbocycles. The summed E-state index contributed by atoms with van der Waals surface area (Å²) in [6.07, 6.45) is 3.85. The van der Waals surface area contributed by atoms with Crippen molar-refractivity contribution < 1.29 is 0 Å². The molecule has 0 saturated carbocycles. The van der Waals surface area contributed by atoms with Crippen molar-refractivity contribution in [3.63, 3.8) is 0 Å². The highest BCUT2D eigenvalue weighted by Gasteiger charge is 2.04. The molecule has 0 aliphatic rings. The second-order valence-electron chi connectivity index (χ2n) is 3.77. The van der Waals surface area contributed by atoms with Crippen LogP contribution in [0.15, 0.2) is 36.5 Å². The van der Waals surface area contributed by atoms with Crippen LogP contribution in [0.1, 0.15) is 18.2 Å². The van der Waals surface area contributed by atoms with Crippen molar-refractivity contribution in [2.75, 3.05) is 6.54 Å². The van der Waals surface area contributed by atoms with Gasteiger partial charge in [0.15, 0.2) is 0 Å². The molecule has 84 valence electrons. The standard InChI is InChI=1S/C13H17N3/c1-2-11-5-3-4-6-13(11)16-10-8-12(15-16)7-9-14/h3-6,8,10H,2,7,9,14H2,1H3. The third-order valence-electron chi connectivity index (χ3n) is 2.66. The zero-order valence-electron chi connectivity index (χ0n) is 9.56. The van der Waals surface area contributed by atoms with Gasteiger partial charge in [0.1, 0.15) is 0 Å². The number of benzene rings is 1. The maximum Gasteiger partial charge on any atom is 0.0677 e. The first-order valence-electron chi connectivity index (χ1n) is 5.68. The molecule has 2 rings (SSSR count). The van der Waals surface area contributed by atoms with Crippen molar-refractivity contribution in [2.24, 2.45) is 5.73 Å². The molecule has 16 heavy (non-hydrogen) atoms. The third kappa shape index (κ3) is 2.14. The van der Waals surface area contributed by atoms with Gasteiger partial charge in [0.2, 0.25) is 0 Å². The highest BCUT2D eigenvalue weighted by molar-refractivity contribution is 5.40. The maximum absolute atomic E-state index is 5.52. The van der Waals surface area contributed by atoms with Crippen LogP contribution < -0.4 is 5.73 Å². The normalized spacial score (nSPS) is 10.6. The Hall–Kier alpha value is -1.61. The summed E-state index contributed by atoms with van der Waals surface area (Å²) in [4.78, 5) is 0. The average molecular weight is 215 g/mol. The van der Waals surface area contributed by atoms with Gasteiger partial charge in [-0.2, -0.15) is 5.10 Å². The summed E-state index contributed by atoms with van der Waals surface area (Å²) in [5, 5.41) is 4.52. The highest BCUT2D eigenvalue weighted by atomic mass is 15.3. The fourth-order valence-corrected chi connectivity index (χ4v) is 1.81. The summed E-state index contributed by atoms with van der Waals surface area (Å²) in [6.45, 7) is 2.80. The molecular formula is C13H17N3. The summed E-state index contributed by atoms with van der Waals surface area (Å²) in [5.74, 6) is 0. The smallest absolute Gasteiger partial charge is 0.0677 e. The lowest BCUT2D eigenvalue weighted by Gasteiger charge is -2.06. The van der Waals surface area contributed by atoms with Crippen molar-refractivity contribution in [2.45, 2.75) is 19.8 Å². The van der Waals surface area contributed by atoms with Crippen LogP contribution in [0.3, 0.4) is 0 Å². The molecule has 0 atom stereocenters. The number of hydrogen-bond donors (Lipinski definition) is 1. The fourth-order valence-electron chi connectivity index (χ4n) is 1.81. The minimum absolute atomic E-state index is 0.645. The Morgan fingerprint density at radius 3 is 2.81 bits per heavy atom. The summed E-state index contributed by atoms with van der Waals surface area (Å²) in [5.41, 5.74) is 9.04. The fraction of sp³-hybridized carbons (Fsp3) is 0.308. The summed E-state index contributed by atoms with van der Waals surface area (Å²) < 4.78 is 1.93. The minimum Gasteiger partial charge on any atom is -0.330 e. The van der Waals surface area contributed by atoms with E-state index in [0.717, 1.165) is 24.2 Å². The van der Waals surface area contributed by atoms with Crippen LogP contribution in [-0.4, -0.2) is 16.3 Å². The summed E-state index contributed by atoms with van der Waals surface area (Å²) in [7, 11) is 0. The second-order valence-corrected chi connectivity index (χ2v) is 3.77. The Balaban J connectivity index is 2.34. The first-order valence-corrected chi connectivity index (χ1v) is 5.68. The molecule has 1 heterocycles. The third-order valence-corrected chi connectivity index (χ3v) is 2.66. The monoisotopic (exact) mass is 215 g/mol. The number of rotatable bonds is 4. The van der Waals surface area contributed by atoms with Gasteiger partial charge in [-0.25, -0.2) is 4.68 Å². The van der Waals surface area contributed by atoms with Crippen LogP contribution in [0.5, 0.6) is 0 Å². The van der Waals surface area contributed by atoms with Crippen molar-refractivity contribution in [3.05, 3.63) is 47.8 Å². The van der Waals surface area contributed by atoms with Gasteiger partial charge in [0.25, 0.3) is 0 Å². The van der Waals surface area contributed by atoms with E-state index in [1.54, 1.807) is 0 Å². The molecule has 0 aliphatic carbocycles. The van der Waals surface area contributed by atoms with E-state index < -0.39 is 0 Å². The van der Waals surface area contributed by atoms with Gasteiger partial charge >= 0.3 is 0 Å². The first-order chi connectivity index (χ1) is 7.85. The number of nitrogens with zero attached hydrogens (tertiary/aromatic N) is 2. The molecule has 3 heteroatoms. The van der Waals surface area contributed by atoms with Crippen molar-refractivity contribution in [1.29, 1.82) is 0 Å².